The molecule has 0 saturated carbocycles. The fourth-order valence-corrected chi connectivity index (χ4v) is 2.50. The molecule has 2 aromatic rings. The molecule has 3 N–H and O–H groups in total. The Bertz CT molecular complexity index is 799. The molecule has 1 aromatic carbocycles. The van der Waals surface area contributed by atoms with Crippen LogP contribution in [0.4, 0.5) is 5.69 Å². The van der Waals surface area contributed by atoms with Crippen molar-refractivity contribution >= 4 is 17.2 Å². The van der Waals surface area contributed by atoms with Gasteiger partial charge >= 0.3 is 0 Å². The Hall–Kier alpha value is -2.36. The average molecular weight is 253 g/mol. The maximum atomic E-state index is 12.0. The number of nitrogen functional groups attached to an aromatic ring is 1. The maximum absolute atomic E-state index is 12.0. The molecule has 4 nitrogen and oxygen atoms in total. The fraction of sp³-hybridized carbons (Fsp3) is 0.200. The number of H-pyrrole nitrogens is 1. The van der Waals surface area contributed by atoms with E-state index in [1.165, 1.54) is 0 Å². The number of hydrogen-bond acceptors (Lipinski definition) is 2. The summed E-state index contributed by atoms with van der Waals surface area (Å²) in [6.45, 7) is 4.05. The minimum absolute atomic E-state index is 0.160. The molecule has 0 unspecified atom stereocenters. The molecule has 2 heterocycles. The van der Waals surface area contributed by atoms with Gasteiger partial charge in [-0.05, 0) is 43.7 Å². The lowest BCUT2D eigenvalue weighted by molar-refractivity contribution is -0.112. The third-order valence-electron chi connectivity index (χ3n) is 3.44. The number of amides is 1. The topological polar surface area (TPSA) is 71.2 Å². The summed E-state index contributed by atoms with van der Waals surface area (Å²) >= 11 is 0. The Morgan fingerprint density at radius 2 is 2.05 bits per heavy atom. The summed E-state index contributed by atoms with van der Waals surface area (Å²) in [4.78, 5) is 19.4. The predicted molar refractivity (Wildman–Crippen MR) is 74.0 cm³/mol. The van der Waals surface area contributed by atoms with Gasteiger partial charge in [0, 0.05) is 34.3 Å². The molecule has 1 aliphatic rings. The lowest BCUT2D eigenvalue weighted by Crippen LogP contribution is -2.24. The van der Waals surface area contributed by atoms with Crippen molar-refractivity contribution < 1.29 is 4.79 Å². The minimum atomic E-state index is -0.160. The molecule has 0 radical (unpaired) electrons. The van der Waals surface area contributed by atoms with Crippen molar-refractivity contribution in [2.24, 2.45) is 4.99 Å². The van der Waals surface area contributed by atoms with E-state index in [0.717, 1.165) is 27.5 Å². The van der Waals surface area contributed by atoms with E-state index in [1.807, 2.05) is 19.9 Å². The summed E-state index contributed by atoms with van der Waals surface area (Å²) in [5.41, 5.74) is 10.5. The van der Waals surface area contributed by atoms with Crippen LogP contribution in [0.1, 0.15) is 17.0 Å². The molecule has 0 bridgehead atoms. The molecule has 0 spiro atoms. The Balaban J connectivity index is 2.15. The van der Waals surface area contributed by atoms with Gasteiger partial charge in [0.1, 0.15) is 0 Å². The summed E-state index contributed by atoms with van der Waals surface area (Å²) in [7, 11) is 0. The van der Waals surface area contributed by atoms with Crippen LogP contribution in [0.2, 0.25) is 0 Å². The van der Waals surface area contributed by atoms with Crippen molar-refractivity contribution in [1.82, 2.24) is 4.98 Å². The Kier molecular flexibility index (Phi) is 2.52. The molecule has 1 aliphatic heterocycles. The first-order valence-electron chi connectivity index (χ1n) is 6.21. The Morgan fingerprint density at radius 1 is 1.26 bits per heavy atom. The molecule has 0 fully saturated rings. The van der Waals surface area contributed by atoms with E-state index in [1.54, 1.807) is 12.1 Å². The van der Waals surface area contributed by atoms with Crippen molar-refractivity contribution in [2.75, 3.05) is 5.73 Å². The summed E-state index contributed by atoms with van der Waals surface area (Å²) in [6.07, 6.45) is 0.568. The van der Waals surface area contributed by atoms with Gasteiger partial charge in [-0.1, -0.05) is 0 Å². The molecule has 0 saturated heterocycles. The molecule has 1 aromatic heterocycles. The monoisotopic (exact) mass is 253 g/mol. The van der Waals surface area contributed by atoms with E-state index >= 15 is 0 Å². The van der Waals surface area contributed by atoms with Crippen molar-refractivity contribution in [3.63, 3.8) is 0 Å². The highest BCUT2D eigenvalue weighted by Gasteiger charge is 2.18. The van der Waals surface area contributed by atoms with E-state index in [4.69, 9.17) is 5.73 Å². The Morgan fingerprint density at radius 3 is 2.74 bits per heavy atom. The molecular weight excluding hydrogens is 238 g/mol. The molecule has 3 rings (SSSR count). The number of nitrogens with one attached hydrogen (secondary N) is 1. The molecule has 1 amide bonds. The average Bonchev–Trinajstić information content (AvgIpc) is 2.81. The zero-order valence-electron chi connectivity index (χ0n) is 10.9. The normalized spacial score (nSPS) is 13.6. The van der Waals surface area contributed by atoms with Crippen LogP contribution in [0.5, 0.6) is 0 Å². The maximum Gasteiger partial charge on any atom is 0.274 e. The van der Waals surface area contributed by atoms with E-state index in [-0.39, 0.29) is 5.91 Å². The van der Waals surface area contributed by atoms with Gasteiger partial charge in [-0.3, -0.25) is 4.79 Å². The third-order valence-corrected chi connectivity index (χ3v) is 3.44. The van der Waals surface area contributed by atoms with E-state index in [2.05, 4.69) is 16.0 Å². The number of aromatic amines is 1. The predicted octanol–water partition coefficient (Wildman–Crippen LogP) is 0.767. The highest BCUT2D eigenvalue weighted by molar-refractivity contribution is 6.15. The largest absolute Gasteiger partial charge is 0.399 e. The molecule has 19 heavy (non-hydrogen) atoms. The van der Waals surface area contributed by atoms with Gasteiger partial charge in [-0.15, -0.1) is 0 Å². The SMILES string of the molecule is Cc1cc(C)c(CC2=c3cc(N)ccc3=NC2=O)[nH]1. The zero-order chi connectivity index (χ0) is 13.6. The second-order valence-corrected chi connectivity index (χ2v) is 4.96. The van der Waals surface area contributed by atoms with Crippen LogP contribution in [-0.2, 0) is 11.2 Å². The molecule has 4 heteroatoms. The number of hydrogen-bond donors (Lipinski definition) is 2. The number of carbonyl (C=O) groups excluding carboxylic acids is 1. The van der Waals surface area contributed by atoms with E-state index in [0.29, 0.717) is 17.7 Å². The molecule has 0 aliphatic carbocycles. The first-order valence-corrected chi connectivity index (χ1v) is 6.21. The standard InChI is InChI=1S/C15H15N3O/c1-8-5-9(2)17-14(8)7-12-11-6-10(16)3-4-13(11)18-15(12)19/h3-6,17H,7,16H2,1-2H3. The first-order chi connectivity index (χ1) is 9.04. The third kappa shape index (κ3) is 1.95. The number of nitrogens with two attached hydrogens (primary N) is 1. The number of aromatic nitrogens is 1. The molecule has 0 atom stereocenters. The summed E-state index contributed by atoms with van der Waals surface area (Å²) in [6, 6.07) is 7.46. The number of anilines is 1. The molecule has 96 valence electrons. The van der Waals surface area contributed by atoms with Crippen molar-refractivity contribution in [1.29, 1.82) is 0 Å². The smallest absolute Gasteiger partial charge is 0.274 e. The zero-order valence-corrected chi connectivity index (χ0v) is 10.9. The number of rotatable bonds is 2. The highest BCUT2D eigenvalue weighted by Crippen LogP contribution is 2.15. The van der Waals surface area contributed by atoms with Crippen molar-refractivity contribution in [3.05, 3.63) is 51.8 Å². The van der Waals surface area contributed by atoms with Gasteiger partial charge in [0.2, 0.25) is 0 Å². The number of fused-ring (bicyclic) bond motifs is 1. The minimum Gasteiger partial charge on any atom is -0.399 e. The molecular formula is C15H15N3O. The number of aryl methyl sites for hydroxylation is 2. The lowest BCUT2D eigenvalue weighted by Gasteiger charge is -2.00. The fourth-order valence-electron chi connectivity index (χ4n) is 2.50. The summed E-state index contributed by atoms with van der Waals surface area (Å²) in [5, 5.41) is 1.58. The van der Waals surface area contributed by atoms with Gasteiger partial charge < -0.3 is 10.7 Å². The van der Waals surface area contributed by atoms with Crippen molar-refractivity contribution in [2.45, 2.75) is 20.3 Å². The number of carbonyl (C=O) groups is 1. The lowest BCUT2D eigenvalue weighted by atomic mass is 10.1. The quantitative estimate of drug-likeness (QED) is 0.776. The van der Waals surface area contributed by atoms with Crippen LogP contribution >= 0.6 is 0 Å². The first kappa shape index (κ1) is 11.7. The van der Waals surface area contributed by atoms with Gasteiger partial charge in [0.05, 0.1) is 5.36 Å². The van der Waals surface area contributed by atoms with Gasteiger partial charge in [-0.25, -0.2) is 4.99 Å². The van der Waals surface area contributed by atoms with E-state index in [9.17, 15) is 4.79 Å². The second kappa shape index (κ2) is 4.09. The van der Waals surface area contributed by atoms with Crippen LogP contribution in [0.15, 0.2) is 29.3 Å². The summed E-state index contributed by atoms with van der Waals surface area (Å²) in [5.74, 6) is -0.160. The van der Waals surface area contributed by atoms with Crippen LogP contribution < -0.4 is 16.3 Å². The highest BCUT2D eigenvalue weighted by atomic mass is 16.1. The number of nitrogens with zero attached hydrogens (tertiary/aromatic N) is 1. The van der Waals surface area contributed by atoms with E-state index < -0.39 is 0 Å². The van der Waals surface area contributed by atoms with Crippen LogP contribution in [-0.4, -0.2) is 10.9 Å². The Labute approximate surface area is 110 Å². The van der Waals surface area contributed by atoms with Crippen LogP contribution in [0.3, 0.4) is 0 Å². The van der Waals surface area contributed by atoms with Crippen LogP contribution in [0, 0.1) is 13.8 Å². The second-order valence-electron chi connectivity index (χ2n) is 4.96. The van der Waals surface area contributed by atoms with Gasteiger partial charge in [0.15, 0.2) is 0 Å². The van der Waals surface area contributed by atoms with Gasteiger partial charge in [-0.2, -0.15) is 0 Å². The number of benzene rings is 1. The summed E-state index contributed by atoms with van der Waals surface area (Å²) < 4.78 is 0. The van der Waals surface area contributed by atoms with Gasteiger partial charge in [0.25, 0.3) is 5.91 Å². The van der Waals surface area contributed by atoms with Crippen LogP contribution in [0.25, 0.3) is 5.57 Å². The van der Waals surface area contributed by atoms with Crippen molar-refractivity contribution in [3.8, 4) is 0 Å².